The Hall–Kier alpha value is -1.69. The summed E-state index contributed by atoms with van der Waals surface area (Å²) >= 11 is 0. The summed E-state index contributed by atoms with van der Waals surface area (Å²) in [7, 11) is 1.79. The molecule has 1 fully saturated rings. The average molecular weight is 236 g/mol. The number of nitrogens with zero attached hydrogens (tertiary/aromatic N) is 3. The van der Waals surface area contributed by atoms with Gasteiger partial charge in [0.05, 0.1) is 12.4 Å². The van der Waals surface area contributed by atoms with Gasteiger partial charge in [0.1, 0.15) is 11.5 Å². The zero-order chi connectivity index (χ0) is 12.3. The Balaban J connectivity index is 2.05. The van der Waals surface area contributed by atoms with Crippen LogP contribution in [-0.2, 0) is 4.74 Å². The maximum atomic E-state index is 12.1. The van der Waals surface area contributed by atoms with Gasteiger partial charge in [-0.3, -0.25) is 4.79 Å². The van der Waals surface area contributed by atoms with Crippen LogP contribution in [0.25, 0.3) is 0 Å². The molecule has 2 heterocycles. The van der Waals surface area contributed by atoms with E-state index in [1.807, 2.05) is 0 Å². The molecule has 1 aromatic heterocycles. The number of hydrogen-bond donors (Lipinski definition) is 1. The number of rotatable bonds is 2. The summed E-state index contributed by atoms with van der Waals surface area (Å²) in [5.41, 5.74) is 5.76. The minimum atomic E-state index is -0.121. The van der Waals surface area contributed by atoms with Gasteiger partial charge in [-0.25, -0.2) is 9.97 Å². The molecule has 0 unspecified atom stereocenters. The van der Waals surface area contributed by atoms with Crippen LogP contribution in [0.3, 0.4) is 0 Å². The quantitative estimate of drug-likeness (QED) is 0.799. The Morgan fingerprint density at radius 2 is 2.12 bits per heavy atom. The summed E-state index contributed by atoms with van der Waals surface area (Å²) in [5.74, 6) is 0.194. The molecule has 2 N–H and O–H groups in total. The second-order valence-electron chi connectivity index (χ2n) is 4.09. The highest BCUT2D eigenvalue weighted by Crippen LogP contribution is 2.14. The van der Waals surface area contributed by atoms with Gasteiger partial charge in [-0.2, -0.15) is 0 Å². The van der Waals surface area contributed by atoms with Crippen LogP contribution in [0.15, 0.2) is 12.4 Å². The molecule has 0 saturated carbocycles. The van der Waals surface area contributed by atoms with E-state index in [4.69, 9.17) is 10.5 Å². The number of ether oxygens (including phenoxy) is 1. The lowest BCUT2D eigenvalue weighted by molar-refractivity contribution is 0.0358. The van der Waals surface area contributed by atoms with Crippen molar-refractivity contribution in [2.45, 2.75) is 18.9 Å². The standard InChI is InChI=1S/C11H16N4O2/c1-15(8-2-4-17-5-3-8)11(16)9-6-14-10(12)7-13-9/h6-8H,2-5H2,1H3,(H2,12,14). The van der Waals surface area contributed by atoms with Crippen molar-refractivity contribution in [3.8, 4) is 0 Å². The maximum Gasteiger partial charge on any atom is 0.274 e. The number of hydrogen-bond acceptors (Lipinski definition) is 5. The van der Waals surface area contributed by atoms with Crippen molar-refractivity contribution in [3.63, 3.8) is 0 Å². The molecule has 1 aliphatic rings. The van der Waals surface area contributed by atoms with Crippen LogP contribution >= 0.6 is 0 Å². The van der Waals surface area contributed by atoms with E-state index >= 15 is 0 Å². The summed E-state index contributed by atoms with van der Waals surface area (Å²) in [6, 6.07) is 0.218. The van der Waals surface area contributed by atoms with Crippen LogP contribution in [0, 0.1) is 0 Å². The maximum absolute atomic E-state index is 12.1. The second kappa shape index (κ2) is 5.09. The topological polar surface area (TPSA) is 81.3 Å². The van der Waals surface area contributed by atoms with E-state index in [2.05, 4.69) is 9.97 Å². The molecule has 0 atom stereocenters. The molecule has 6 heteroatoms. The smallest absolute Gasteiger partial charge is 0.274 e. The lowest BCUT2D eigenvalue weighted by atomic mass is 10.1. The number of amides is 1. The number of carbonyl (C=O) groups is 1. The van der Waals surface area contributed by atoms with Gasteiger partial charge < -0.3 is 15.4 Å². The van der Waals surface area contributed by atoms with E-state index in [0.717, 1.165) is 12.8 Å². The third kappa shape index (κ3) is 2.71. The van der Waals surface area contributed by atoms with Crippen LogP contribution in [0.4, 0.5) is 5.82 Å². The van der Waals surface area contributed by atoms with E-state index in [0.29, 0.717) is 24.7 Å². The molecule has 0 spiro atoms. The molecule has 0 radical (unpaired) electrons. The molecular weight excluding hydrogens is 220 g/mol. The first kappa shape index (κ1) is 11.8. The molecule has 0 aromatic carbocycles. The fourth-order valence-corrected chi connectivity index (χ4v) is 1.87. The lowest BCUT2D eigenvalue weighted by Gasteiger charge is -2.30. The van der Waals surface area contributed by atoms with E-state index in [9.17, 15) is 4.79 Å². The van der Waals surface area contributed by atoms with Crippen LogP contribution < -0.4 is 5.73 Å². The van der Waals surface area contributed by atoms with Gasteiger partial charge in [0, 0.05) is 26.3 Å². The highest BCUT2D eigenvalue weighted by Gasteiger charge is 2.24. The zero-order valence-electron chi connectivity index (χ0n) is 9.80. The lowest BCUT2D eigenvalue weighted by Crippen LogP contribution is -2.41. The first-order chi connectivity index (χ1) is 8.18. The Kier molecular flexibility index (Phi) is 3.53. The highest BCUT2D eigenvalue weighted by atomic mass is 16.5. The number of anilines is 1. The molecule has 1 saturated heterocycles. The van der Waals surface area contributed by atoms with Crippen molar-refractivity contribution < 1.29 is 9.53 Å². The molecule has 92 valence electrons. The number of nitrogens with two attached hydrogens (primary N) is 1. The van der Waals surface area contributed by atoms with Gasteiger partial charge in [0.2, 0.25) is 0 Å². The minimum absolute atomic E-state index is 0.121. The summed E-state index contributed by atoms with van der Waals surface area (Å²) in [6.45, 7) is 1.41. The zero-order valence-corrected chi connectivity index (χ0v) is 9.80. The van der Waals surface area contributed by atoms with Crippen molar-refractivity contribution in [2.75, 3.05) is 26.0 Å². The number of aromatic nitrogens is 2. The molecule has 1 aromatic rings. The third-order valence-corrected chi connectivity index (χ3v) is 2.95. The summed E-state index contributed by atoms with van der Waals surface area (Å²) < 4.78 is 5.27. The summed E-state index contributed by atoms with van der Waals surface area (Å²) in [4.78, 5) is 21.7. The number of carbonyl (C=O) groups excluding carboxylic acids is 1. The van der Waals surface area contributed by atoms with Crippen LogP contribution in [0.1, 0.15) is 23.3 Å². The van der Waals surface area contributed by atoms with Gasteiger partial charge >= 0.3 is 0 Å². The van der Waals surface area contributed by atoms with Gasteiger partial charge in [-0.05, 0) is 12.8 Å². The fraction of sp³-hybridized carbons (Fsp3) is 0.545. The highest BCUT2D eigenvalue weighted by molar-refractivity contribution is 5.92. The van der Waals surface area contributed by atoms with Gasteiger partial charge in [-0.1, -0.05) is 0 Å². The first-order valence-electron chi connectivity index (χ1n) is 5.61. The number of nitrogen functional groups attached to an aromatic ring is 1. The SMILES string of the molecule is CN(C(=O)c1cnc(N)cn1)C1CCOCC1. The van der Waals surface area contributed by atoms with Crippen molar-refractivity contribution in [2.24, 2.45) is 0 Å². The predicted molar refractivity (Wildman–Crippen MR) is 62.4 cm³/mol. The van der Waals surface area contributed by atoms with Crippen molar-refractivity contribution >= 4 is 11.7 Å². The Morgan fingerprint density at radius 3 is 2.71 bits per heavy atom. The monoisotopic (exact) mass is 236 g/mol. The minimum Gasteiger partial charge on any atom is -0.382 e. The molecule has 0 aliphatic carbocycles. The molecule has 1 amide bonds. The Labute approximate surface area is 99.8 Å². The Morgan fingerprint density at radius 1 is 1.41 bits per heavy atom. The molecular formula is C11H16N4O2. The summed E-state index contributed by atoms with van der Waals surface area (Å²) in [6.07, 6.45) is 4.54. The van der Waals surface area contributed by atoms with E-state index in [1.165, 1.54) is 12.4 Å². The van der Waals surface area contributed by atoms with E-state index in [-0.39, 0.29) is 11.9 Å². The largest absolute Gasteiger partial charge is 0.382 e. The second-order valence-corrected chi connectivity index (χ2v) is 4.09. The fourth-order valence-electron chi connectivity index (χ4n) is 1.87. The predicted octanol–water partition coefficient (Wildman–Crippen LogP) is 0.310. The summed E-state index contributed by atoms with van der Waals surface area (Å²) in [5, 5.41) is 0. The van der Waals surface area contributed by atoms with Gasteiger partial charge in [0.25, 0.3) is 5.91 Å². The van der Waals surface area contributed by atoms with Crippen molar-refractivity contribution in [3.05, 3.63) is 18.1 Å². The van der Waals surface area contributed by atoms with Crippen LogP contribution in [0.2, 0.25) is 0 Å². The first-order valence-corrected chi connectivity index (χ1v) is 5.61. The van der Waals surface area contributed by atoms with Crippen LogP contribution in [0.5, 0.6) is 0 Å². The normalized spacial score (nSPS) is 16.8. The van der Waals surface area contributed by atoms with E-state index < -0.39 is 0 Å². The average Bonchev–Trinajstić information content (AvgIpc) is 2.39. The van der Waals surface area contributed by atoms with Gasteiger partial charge in [0.15, 0.2) is 0 Å². The molecule has 17 heavy (non-hydrogen) atoms. The molecule has 6 nitrogen and oxygen atoms in total. The molecule has 1 aliphatic heterocycles. The Bertz CT molecular complexity index is 387. The van der Waals surface area contributed by atoms with Crippen LogP contribution in [-0.4, -0.2) is 47.1 Å². The van der Waals surface area contributed by atoms with Gasteiger partial charge in [-0.15, -0.1) is 0 Å². The van der Waals surface area contributed by atoms with Crippen molar-refractivity contribution in [1.82, 2.24) is 14.9 Å². The third-order valence-electron chi connectivity index (χ3n) is 2.95. The molecule has 2 rings (SSSR count). The molecule has 0 bridgehead atoms. The van der Waals surface area contributed by atoms with E-state index in [1.54, 1.807) is 11.9 Å². The van der Waals surface area contributed by atoms with Crippen molar-refractivity contribution in [1.29, 1.82) is 0 Å².